The molecule has 4 heteroatoms. The molecule has 1 atom stereocenters. The number of ketones is 1. The molecular weight excluding hydrogens is 254 g/mol. The SMILES string of the molecule is O=C1NC2=CC=CC(=O)C2C1=C1Cc2ccccc2O1. The fraction of sp³-hybridized carbons (Fsp3) is 0.125. The summed E-state index contributed by atoms with van der Waals surface area (Å²) >= 11 is 0. The van der Waals surface area contributed by atoms with E-state index < -0.39 is 5.92 Å². The average molecular weight is 265 g/mol. The van der Waals surface area contributed by atoms with Crippen molar-refractivity contribution in [3.05, 3.63) is 65.1 Å². The minimum absolute atomic E-state index is 0.0806. The van der Waals surface area contributed by atoms with Crippen molar-refractivity contribution in [2.45, 2.75) is 6.42 Å². The molecule has 0 aromatic heterocycles. The number of carbonyl (C=O) groups excluding carboxylic acids is 2. The van der Waals surface area contributed by atoms with Crippen LogP contribution in [-0.4, -0.2) is 11.7 Å². The largest absolute Gasteiger partial charge is 0.461 e. The Morgan fingerprint density at radius 2 is 2.05 bits per heavy atom. The van der Waals surface area contributed by atoms with Crippen LogP contribution < -0.4 is 10.1 Å². The molecule has 1 aromatic rings. The van der Waals surface area contributed by atoms with Crippen LogP contribution in [0.25, 0.3) is 0 Å². The number of nitrogens with one attached hydrogen (secondary N) is 1. The lowest BCUT2D eigenvalue weighted by molar-refractivity contribution is -0.118. The van der Waals surface area contributed by atoms with Crippen LogP contribution in [0.4, 0.5) is 0 Å². The maximum Gasteiger partial charge on any atom is 0.255 e. The summed E-state index contributed by atoms with van der Waals surface area (Å²) in [6, 6.07) is 7.66. The lowest BCUT2D eigenvalue weighted by atomic mass is 9.90. The third kappa shape index (κ3) is 1.48. The molecule has 3 aliphatic rings. The van der Waals surface area contributed by atoms with E-state index in [2.05, 4.69) is 5.32 Å². The Morgan fingerprint density at radius 3 is 2.90 bits per heavy atom. The zero-order valence-electron chi connectivity index (χ0n) is 10.6. The molecule has 1 saturated heterocycles. The van der Waals surface area contributed by atoms with Gasteiger partial charge in [-0.1, -0.05) is 24.3 Å². The van der Waals surface area contributed by atoms with Gasteiger partial charge in [-0.15, -0.1) is 0 Å². The van der Waals surface area contributed by atoms with Crippen molar-refractivity contribution in [2.75, 3.05) is 0 Å². The van der Waals surface area contributed by atoms with E-state index in [0.29, 0.717) is 23.5 Å². The van der Waals surface area contributed by atoms with Crippen LogP contribution in [0.2, 0.25) is 0 Å². The van der Waals surface area contributed by atoms with E-state index in [9.17, 15) is 9.59 Å². The van der Waals surface area contributed by atoms with Gasteiger partial charge in [-0.2, -0.15) is 0 Å². The van der Waals surface area contributed by atoms with Crippen molar-refractivity contribution in [3.8, 4) is 5.75 Å². The molecule has 2 aliphatic heterocycles. The number of fused-ring (bicyclic) bond motifs is 2. The molecule has 0 spiro atoms. The zero-order valence-corrected chi connectivity index (χ0v) is 10.6. The summed E-state index contributed by atoms with van der Waals surface area (Å²) in [5, 5.41) is 2.75. The molecule has 0 saturated carbocycles. The Labute approximate surface area is 115 Å². The number of hydrogen-bond acceptors (Lipinski definition) is 3. The summed E-state index contributed by atoms with van der Waals surface area (Å²) < 4.78 is 5.77. The molecule has 98 valence electrons. The van der Waals surface area contributed by atoms with Crippen LogP contribution in [0, 0.1) is 5.92 Å². The molecular formula is C16H11NO3. The highest BCUT2D eigenvalue weighted by Gasteiger charge is 2.42. The Bertz CT molecular complexity index is 713. The summed E-state index contributed by atoms with van der Waals surface area (Å²) in [4.78, 5) is 24.2. The molecule has 20 heavy (non-hydrogen) atoms. The predicted octanol–water partition coefficient (Wildman–Crippen LogP) is 1.64. The van der Waals surface area contributed by atoms with Crippen molar-refractivity contribution < 1.29 is 14.3 Å². The Hall–Kier alpha value is -2.62. The van der Waals surface area contributed by atoms with Gasteiger partial charge in [0.15, 0.2) is 5.78 Å². The number of allylic oxidation sites excluding steroid dienone is 5. The summed E-state index contributed by atoms with van der Waals surface area (Å²) in [5.41, 5.74) is 2.13. The maximum absolute atomic E-state index is 12.2. The first-order chi connectivity index (χ1) is 9.74. The van der Waals surface area contributed by atoms with Crippen LogP contribution >= 0.6 is 0 Å². The fourth-order valence-electron chi connectivity index (χ4n) is 2.86. The van der Waals surface area contributed by atoms with Crippen molar-refractivity contribution in [3.63, 3.8) is 0 Å². The van der Waals surface area contributed by atoms with Gasteiger partial charge in [0.05, 0.1) is 11.5 Å². The number of hydrogen-bond donors (Lipinski definition) is 1. The molecule has 0 bridgehead atoms. The van der Waals surface area contributed by atoms with E-state index in [1.54, 1.807) is 12.2 Å². The van der Waals surface area contributed by atoms with Gasteiger partial charge in [0.1, 0.15) is 11.5 Å². The standard InChI is InChI=1S/C16H11NO3/c18-11-6-3-5-10-14(11)15(16(19)17-10)13-8-9-4-1-2-7-12(9)20-13/h1-7,14H,8H2,(H,17,19). The number of benzene rings is 1. The Kier molecular flexibility index (Phi) is 2.21. The summed E-state index contributed by atoms with van der Waals surface area (Å²) in [6.07, 6.45) is 5.47. The van der Waals surface area contributed by atoms with Gasteiger partial charge in [0.2, 0.25) is 0 Å². The minimum atomic E-state index is -0.531. The molecule has 2 heterocycles. The number of ether oxygens (including phenoxy) is 1. The van der Waals surface area contributed by atoms with E-state index in [4.69, 9.17) is 4.74 Å². The predicted molar refractivity (Wildman–Crippen MR) is 71.7 cm³/mol. The summed E-state index contributed by atoms with van der Waals surface area (Å²) in [5.74, 6) is 0.501. The van der Waals surface area contributed by atoms with Gasteiger partial charge < -0.3 is 10.1 Å². The number of para-hydroxylation sites is 1. The van der Waals surface area contributed by atoms with Gasteiger partial charge in [0.25, 0.3) is 5.91 Å². The van der Waals surface area contributed by atoms with E-state index in [1.807, 2.05) is 24.3 Å². The first-order valence-corrected chi connectivity index (χ1v) is 6.46. The van der Waals surface area contributed by atoms with Crippen molar-refractivity contribution in [1.29, 1.82) is 0 Å². The van der Waals surface area contributed by atoms with E-state index in [0.717, 1.165) is 11.3 Å². The number of carbonyl (C=O) groups is 2. The highest BCUT2D eigenvalue weighted by Crippen LogP contribution is 2.38. The number of rotatable bonds is 0. The van der Waals surface area contributed by atoms with Gasteiger partial charge in [-0.3, -0.25) is 9.59 Å². The van der Waals surface area contributed by atoms with Crippen molar-refractivity contribution in [1.82, 2.24) is 5.32 Å². The van der Waals surface area contributed by atoms with Gasteiger partial charge >= 0.3 is 0 Å². The summed E-state index contributed by atoms with van der Waals surface area (Å²) in [7, 11) is 0. The topological polar surface area (TPSA) is 55.4 Å². The second-order valence-electron chi connectivity index (χ2n) is 4.99. The molecule has 1 amide bonds. The molecule has 1 unspecified atom stereocenters. The minimum Gasteiger partial charge on any atom is -0.461 e. The van der Waals surface area contributed by atoms with Crippen molar-refractivity contribution in [2.24, 2.45) is 5.92 Å². The van der Waals surface area contributed by atoms with Gasteiger partial charge in [-0.25, -0.2) is 0 Å². The highest BCUT2D eigenvalue weighted by molar-refractivity contribution is 6.11. The first-order valence-electron chi connectivity index (χ1n) is 6.46. The van der Waals surface area contributed by atoms with E-state index in [1.165, 1.54) is 6.08 Å². The lowest BCUT2D eigenvalue weighted by Gasteiger charge is -2.12. The molecule has 1 N–H and O–H groups in total. The van der Waals surface area contributed by atoms with Gasteiger partial charge in [-0.05, 0) is 18.2 Å². The van der Waals surface area contributed by atoms with E-state index >= 15 is 0 Å². The third-order valence-electron chi connectivity index (χ3n) is 3.78. The molecule has 4 nitrogen and oxygen atoms in total. The average Bonchev–Trinajstić information content (AvgIpc) is 2.99. The van der Waals surface area contributed by atoms with Crippen LogP contribution in [0.1, 0.15) is 5.56 Å². The fourth-order valence-corrected chi connectivity index (χ4v) is 2.86. The monoisotopic (exact) mass is 265 g/mol. The van der Waals surface area contributed by atoms with Crippen LogP contribution in [0.3, 0.4) is 0 Å². The second-order valence-corrected chi connectivity index (χ2v) is 4.99. The quantitative estimate of drug-likeness (QED) is 0.726. The Morgan fingerprint density at radius 1 is 1.20 bits per heavy atom. The van der Waals surface area contributed by atoms with Crippen LogP contribution in [0.15, 0.2) is 59.5 Å². The van der Waals surface area contributed by atoms with Crippen molar-refractivity contribution >= 4 is 11.7 Å². The second kappa shape index (κ2) is 3.93. The summed E-state index contributed by atoms with van der Waals surface area (Å²) in [6.45, 7) is 0. The maximum atomic E-state index is 12.2. The molecule has 1 aliphatic carbocycles. The Balaban J connectivity index is 1.81. The first kappa shape index (κ1) is 11.2. The third-order valence-corrected chi connectivity index (χ3v) is 3.78. The smallest absolute Gasteiger partial charge is 0.255 e. The van der Waals surface area contributed by atoms with Crippen LogP contribution in [0.5, 0.6) is 5.75 Å². The van der Waals surface area contributed by atoms with E-state index in [-0.39, 0.29) is 11.7 Å². The molecule has 0 radical (unpaired) electrons. The van der Waals surface area contributed by atoms with Gasteiger partial charge in [0, 0.05) is 17.7 Å². The normalized spacial score (nSPS) is 26.8. The highest BCUT2D eigenvalue weighted by atomic mass is 16.5. The number of amides is 1. The molecule has 1 fully saturated rings. The zero-order chi connectivity index (χ0) is 13.7. The van der Waals surface area contributed by atoms with Crippen LogP contribution in [-0.2, 0) is 16.0 Å². The molecule has 4 rings (SSSR count). The lowest BCUT2D eigenvalue weighted by Crippen LogP contribution is -2.18. The molecule has 1 aromatic carbocycles.